The lowest BCUT2D eigenvalue weighted by molar-refractivity contribution is 0.357. The summed E-state index contributed by atoms with van der Waals surface area (Å²) in [7, 11) is -1.27. The number of unbranched alkanes of at least 4 members (excludes halogenated alkanes) is 1. The third-order valence-electron chi connectivity index (χ3n) is 1.23. The lowest BCUT2D eigenvalue weighted by Gasteiger charge is -2.14. The van der Waals surface area contributed by atoms with Crippen molar-refractivity contribution in [2.75, 3.05) is 6.61 Å². The summed E-state index contributed by atoms with van der Waals surface area (Å²) in [5.74, 6) is 0. The summed E-state index contributed by atoms with van der Waals surface area (Å²) in [5.41, 5.74) is 0. The van der Waals surface area contributed by atoms with Gasteiger partial charge in [0.25, 0.3) is 0 Å². The third kappa shape index (κ3) is 9.92. The van der Waals surface area contributed by atoms with E-state index in [2.05, 4.69) is 38.7 Å². The number of rotatable bonds is 5. The maximum Gasteiger partial charge on any atom is 0.184 e. The standard InChI is InChI=1S/C9H20OSi/c1-5-6-7-8-9-10-11(2,3)4/h7-8H,5-6,9H2,1-4H3. The van der Waals surface area contributed by atoms with E-state index in [0.717, 1.165) is 6.61 Å². The van der Waals surface area contributed by atoms with Crippen LogP contribution in [0.25, 0.3) is 0 Å². The first-order chi connectivity index (χ1) is 5.06. The van der Waals surface area contributed by atoms with Crippen LogP contribution in [0.2, 0.25) is 19.6 Å². The monoisotopic (exact) mass is 172 g/mol. The average molecular weight is 172 g/mol. The van der Waals surface area contributed by atoms with Crippen LogP contribution >= 0.6 is 0 Å². The highest BCUT2D eigenvalue weighted by atomic mass is 28.4. The van der Waals surface area contributed by atoms with E-state index >= 15 is 0 Å². The van der Waals surface area contributed by atoms with Gasteiger partial charge >= 0.3 is 0 Å². The molecule has 0 bridgehead atoms. The Hall–Kier alpha value is -0.0831. The Labute approximate surface area is 71.6 Å². The predicted octanol–water partition coefficient (Wildman–Crippen LogP) is 3.19. The molecule has 0 radical (unpaired) electrons. The minimum absolute atomic E-state index is 0.801. The molecule has 0 saturated heterocycles. The Morgan fingerprint density at radius 1 is 1.18 bits per heavy atom. The molecule has 0 unspecified atom stereocenters. The van der Waals surface area contributed by atoms with Gasteiger partial charge in [-0.3, -0.25) is 0 Å². The fourth-order valence-electron chi connectivity index (χ4n) is 0.651. The lowest BCUT2D eigenvalue weighted by atomic mass is 10.3. The molecule has 0 aromatic rings. The zero-order valence-corrected chi connectivity index (χ0v) is 9.18. The molecule has 0 atom stereocenters. The van der Waals surface area contributed by atoms with Gasteiger partial charge in [-0.05, 0) is 26.1 Å². The number of allylic oxidation sites excluding steroid dienone is 1. The quantitative estimate of drug-likeness (QED) is 0.457. The van der Waals surface area contributed by atoms with Crippen LogP contribution < -0.4 is 0 Å². The fourth-order valence-corrected chi connectivity index (χ4v) is 1.25. The Morgan fingerprint density at radius 3 is 2.27 bits per heavy atom. The van der Waals surface area contributed by atoms with Crippen molar-refractivity contribution >= 4 is 8.32 Å². The van der Waals surface area contributed by atoms with Crippen molar-refractivity contribution in [1.29, 1.82) is 0 Å². The van der Waals surface area contributed by atoms with Gasteiger partial charge in [-0.2, -0.15) is 0 Å². The Balaban J connectivity index is 3.27. The molecule has 0 heterocycles. The van der Waals surface area contributed by atoms with E-state index < -0.39 is 8.32 Å². The summed E-state index contributed by atoms with van der Waals surface area (Å²) in [6, 6.07) is 0. The van der Waals surface area contributed by atoms with Crippen molar-refractivity contribution in [1.82, 2.24) is 0 Å². The van der Waals surface area contributed by atoms with E-state index in [0.29, 0.717) is 0 Å². The van der Waals surface area contributed by atoms with Crippen LogP contribution in [0, 0.1) is 0 Å². The van der Waals surface area contributed by atoms with Crippen molar-refractivity contribution in [3.63, 3.8) is 0 Å². The zero-order valence-electron chi connectivity index (χ0n) is 8.18. The van der Waals surface area contributed by atoms with Crippen molar-refractivity contribution in [3.05, 3.63) is 12.2 Å². The molecule has 0 aliphatic rings. The fraction of sp³-hybridized carbons (Fsp3) is 0.778. The van der Waals surface area contributed by atoms with Crippen molar-refractivity contribution in [2.45, 2.75) is 39.4 Å². The average Bonchev–Trinajstić information content (AvgIpc) is 1.85. The van der Waals surface area contributed by atoms with E-state index in [1.807, 2.05) is 0 Å². The lowest BCUT2D eigenvalue weighted by Crippen LogP contribution is -2.25. The molecule has 0 aromatic heterocycles. The minimum atomic E-state index is -1.27. The van der Waals surface area contributed by atoms with Gasteiger partial charge in [0, 0.05) is 0 Å². The van der Waals surface area contributed by atoms with E-state index in [9.17, 15) is 0 Å². The van der Waals surface area contributed by atoms with Gasteiger partial charge in [-0.25, -0.2) is 0 Å². The molecule has 0 saturated carbocycles. The topological polar surface area (TPSA) is 9.23 Å². The van der Waals surface area contributed by atoms with Crippen molar-refractivity contribution in [2.24, 2.45) is 0 Å². The first-order valence-electron chi connectivity index (χ1n) is 4.35. The zero-order chi connectivity index (χ0) is 8.74. The highest BCUT2D eigenvalue weighted by Crippen LogP contribution is 2.01. The molecule has 0 aliphatic heterocycles. The molecule has 0 spiro atoms. The highest BCUT2D eigenvalue weighted by Gasteiger charge is 2.11. The number of hydrogen-bond acceptors (Lipinski definition) is 1. The van der Waals surface area contributed by atoms with Gasteiger partial charge in [0.05, 0.1) is 6.61 Å². The smallest absolute Gasteiger partial charge is 0.184 e. The summed E-state index contributed by atoms with van der Waals surface area (Å²) in [6.07, 6.45) is 6.72. The molecule has 0 amide bonds. The summed E-state index contributed by atoms with van der Waals surface area (Å²) in [5, 5.41) is 0. The van der Waals surface area contributed by atoms with E-state index in [4.69, 9.17) is 4.43 Å². The van der Waals surface area contributed by atoms with Crippen LogP contribution in [0.3, 0.4) is 0 Å². The normalized spacial score (nSPS) is 12.7. The molecule has 0 rings (SSSR count). The van der Waals surface area contributed by atoms with Crippen LogP contribution in [0.15, 0.2) is 12.2 Å². The van der Waals surface area contributed by atoms with Crippen molar-refractivity contribution < 1.29 is 4.43 Å². The molecule has 0 aliphatic carbocycles. The Bertz CT molecular complexity index is 113. The first kappa shape index (κ1) is 10.9. The molecule has 11 heavy (non-hydrogen) atoms. The molecule has 0 aromatic carbocycles. The largest absolute Gasteiger partial charge is 0.414 e. The summed E-state index contributed by atoms with van der Waals surface area (Å²) >= 11 is 0. The summed E-state index contributed by atoms with van der Waals surface area (Å²) < 4.78 is 5.63. The van der Waals surface area contributed by atoms with E-state index in [-0.39, 0.29) is 0 Å². The summed E-state index contributed by atoms with van der Waals surface area (Å²) in [4.78, 5) is 0. The van der Waals surface area contributed by atoms with Crippen molar-refractivity contribution in [3.8, 4) is 0 Å². The molecular formula is C9H20OSi. The molecule has 2 heteroatoms. The van der Waals surface area contributed by atoms with E-state index in [1.54, 1.807) is 0 Å². The maximum atomic E-state index is 5.63. The second-order valence-electron chi connectivity index (χ2n) is 3.68. The van der Waals surface area contributed by atoms with Gasteiger partial charge < -0.3 is 4.43 Å². The first-order valence-corrected chi connectivity index (χ1v) is 7.76. The Morgan fingerprint density at radius 2 is 1.82 bits per heavy atom. The second kappa shape index (κ2) is 5.55. The second-order valence-corrected chi connectivity index (χ2v) is 8.20. The van der Waals surface area contributed by atoms with Crippen LogP contribution in [0.1, 0.15) is 19.8 Å². The minimum Gasteiger partial charge on any atom is -0.414 e. The van der Waals surface area contributed by atoms with Crippen LogP contribution in [-0.2, 0) is 4.43 Å². The van der Waals surface area contributed by atoms with Gasteiger partial charge in [-0.15, -0.1) is 0 Å². The maximum absolute atomic E-state index is 5.63. The molecule has 1 nitrogen and oxygen atoms in total. The number of hydrogen-bond donors (Lipinski definition) is 0. The van der Waals surface area contributed by atoms with Gasteiger partial charge in [0.2, 0.25) is 0 Å². The molecule has 66 valence electrons. The van der Waals surface area contributed by atoms with E-state index in [1.165, 1.54) is 12.8 Å². The third-order valence-corrected chi connectivity index (χ3v) is 2.27. The predicted molar refractivity (Wildman–Crippen MR) is 53.3 cm³/mol. The van der Waals surface area contributed by atoms with Gasteiger partial charge in [0.15, 0.2) is 8.32 Å². The molecule has 0 fully saturated rings. The molecule has 0 N–H and O–H groups in total. The Kier molecular flexibility index (Phi) is 5.51. The highest BCUT2D eigenvalue weighted by molar-refractivity contribution is 6.69. The van der Waals surface area contributed by atoms with Crippen LogP contribution in [0.5, 0.6) is 0 Å². The van der Waals surface area contributed by atoms with Crippen LogP contribution in [-0.4, -0.2) is 14.9 Å². The summed E-state index contributed by atoms with van der Waals surface area (Å²) in [6.45, 7) is 9.61. The SMILES string of the molecule is CCCC=CCO[Si](C)(C)C. The molecular weight excluding hydrogens is 152 g/mol. The van der Waals surface area contributed by atoms with Gasteiger partial charge in [0.1, 0.15) is 0 Å². The van der Waals surface area contributed by atoms with Gasteiger partial charge in [-0.1, -0.05) is 25.5 Å². The van der Waals surface area contributed by atoms with Crippen LogP contribution in [0.4, 0.5) is 0 Å².